The zero-order valence-electron chi connectivity index (χ0n) is 8.87. The van der Waals surface area contributed by atoms with Crippen LogP contribution in [0.1, 0.15) is 32.6 Å². The van der Waals surface area contributed by atoms with Gasteiger partial charge in [0.05, 0.1) is 5.92 Å². The molecule has 3 N–H and O–H groups in total. The SMILES string of the molecule is CCOCCCC(CCCN)C(=O)O. The van der Waals surface area contributed by atoms with Crippen LogP contribution in [0.25, 0.3) is 0 Å². The van der Waals surface area contributed by atoms with Gasteiger partial charge in [-0.2, -0.15) is 0 Å². The van der Waals surface area contributed by atoms with Crippen LogP contribution >= 0.6 is 0 Å². The molecule has 84 valence electrons. The van der Waals surface area contributed by atoms with Gasteiger partial charge < -0.3 is 15.6 Å². The molecule has 0 aliphatic heterocycles. The molecule has 0 amide bonds. The zero-order chi connectivity index (χ0) is 10.8. The van der Waals surface area contributed by atoms with E-state index in [1.165, 1.54) is 0 Å². The molecule has 0 aliphatic carbocycles. The van der Waals surface area contributed by atoms with Crippen LogP contribution in [-0.2, 0) is 9.53 Å². The first-order valence-corrected chi connectivity index (χ1v) is 5.23. The number of hydrogen-bond donors (Lipinski definition) is 2. The van der Waals surface area contributed by atoms with Crippen molar-refractivity contribution in [3.63, 3.8) is 0 Å². The molecular formula is C10H21NO3. The molecular weight excluding hydrogens is 182 g/mol. The second-order valence-electron chi connectivity index (χ2n) is 3.31. The summed E-state index contributed by atoms with van der Waals surface area (Å²) in [5, 5.41) is 8.87. The second kappa shape index (κ2) is 8.97. The molecule has 0 heterocycles. The molecule has 0 saturated heterocycles. The number of hydrogen-bond acceptors (Lipinski definition) is 3. The van der Waals surface area contributed by atoms with E-state index in [0.29, 0.717) is 32.6 Å². The van der Waals surface area contributed by atoms with Crippen molar-refractivity contribution < 1.29 is 14.6 Å². The Morgan fingerprint density at radius 3 is 2.57 bits per heavy atom. The van der Waals surface area contributed by atoms with E-state index in [4.69, 9.17) is 15.6 Å². The van der Waals surface area contributed by atoms with Crippen molar-refractivity contribution in [3.8, 4) is 0 Å². The lowest BCUT2D eigenvalue weighted by Crippen LogP contribution is -2.16. The molecule has 4 nitrogen and oxygen atoms in total. The fourth-order valence-electron chi connectivity index (χ4n) is 1.33. The summed E-state index contributed by atoms with van der Waals surface area (Å²) in [5.41, 5.74) is 5.34. The maximum Gasteiger partial charge on any atom is 0.306 e. The molecule has 0 fully saturated rings. The van der Waals surface area contributed by atoms with E-state index in [-0.39, 0.29) is 5.92 Å². The van der Waals surface area contributed by atoms with Gasteiger partial charge in [0, 0.05) is 13.2 Å². The third-order valence-corrected chi connectivity index (χ3v) is 2.15. The highest BCUT2D eigenvalue weighted by molar-refractivity contribution is 5.69. The first-order chi connectivity index (χ1) is 6.72. The molecule has 0 aromatic carbocycles. The molecule has 0 aromatic heterocycles. The molecule has 4 heteroatoms. The summed E-state index contributed by atoms with van der Waals surface area (Å²) in [6, 6.07) is 0. The lowest BCUT2D eigenvalue weighted by Gasteiger charge is -2.11. The van der Waals surface area contributed by atoms with Gasteiger partial charge in [0.15, 0.2) is 0 Å². The van der Waals surface area contributed by atoms with Crippen molar-refractivity contribution in [2.24, 2.45) is 11.7 Å². The molecule has 0 aromatic rings. The summed E-state index contributed by atoms with van der Waals surface area (Å²) in [6.45, 7) is 3.85. The van der Waals surface area contributed by atoms with E-state index in [0.717, 1.165) is 12.8 Å². The van der Waals surface area contributed by atoms with Crippen LogP contribution in [0, 0.1) is 5.92 Å². The van der Waals surface area contributed by atoms with Crippen molar-refractivity contribution in [3.05, 3.63) is 0 Å². The second-order valence-corrected chi connectivity index (χ2v) is 3.31. The fourth-order valence-corrected chi connectivity index (χ4v) is 1.33. The Morgan fingerprint density at radius 1 is 1.43 bits per heavy atom. The number of carbonyl (C=O) groups is 1. The number of carboxylic acid groups (broad SMARTS) is 1. The average Bonchev–Trinajstić information content (AvgIpc) is 2.16. The topological polar surface area (TPSA) is 72.5 Å². The Labute approximate surface area is 85.4 Å². The van der Waals surface area contributed by atoms with Crippen molar-refractivity contribution in [2.75, 3.05) is 19.8 Å². The van der Waals surface area contributed by atoms with Crippen LogP contribution in [-0.4, -0.2) is 30.8 Å². The highest BCUT2D eigenvalue weighted by Gasteiger charge is 2.15. The molecule has 0 saturated carbocycles. The maximum absolute atomic E-state index is 10.8. The Kier molecular flexibility index (Phi) is 8.57. The lowest BCUT2D eigenvalue weighted by molar-refractivity contribution is -0.142. The maximum atomic E-state index is 10.8. The van der Waals surface area contributed by atoms with Gasteiger partial charge in [-0.3, -0.25) is 4.79 Å². The van der Waals surface area contributed by atoms with Crippen molar-refractivity contribution in [2.45, 2.75) is 32.6 Å². The first-order valence-electron chi connectivity index (χ1n) is 5.23. The normalized spacial score (nSPS) is 12.7. The van der Waals surface area contributed by atoms with Gasteiger partial charge in [-0.05, 0) is 39.2 Å². The highest BCUT2D eigenvalue weighted by Crippen LogP contribution is 2.13. The molecule has 0 bridgehead atoms. The third-order valence-electron chi connectivity index (χ3n) is 2.15. The molecule has 0 aliphatic rings. The van der Waals surface area contributed by atoms with Crippen LogP contribution in [0.4, 0.5) is 0 Å². The van der Waals surface area contributed by atoms with Crippen LogP contribution in [0.5, 0.6) is 0 Å². The Balaban J connectivity index is 3.57. The Bertz CT molecular complexity index is 150. The number of nitrogens with two attached hydrogens (primary N) is 1. The molecule has 1 atom stereocenters. The van der Waals surface area contributed by atoms with Gasteiger partial charge in [-0.1, -0.05) is 0 Å². The number of aliphatic carboxylic acids is 1. The summed E-state index contributed by atoms with van der Waals surface area (Å²) in [7, 11) is 0. The summed E-state index contributed by atoms with van der Waals surface area (Å²) in [5.74, 6) is -0.964. The van der Waals surface area contributed by atoms with Crippen LogP contribution in [0.3, 0.4) is 0 Å². The smallest absolute Gasteiger partial charge is 0.306 e. The van der Waals surface area contributed by atoms with Crippen molar-refractivity contribution in [1.29, 1.82) is 0 Å². The molecule has 0 spiro atoms. The van der Waals surface area contributed by atoms with Gasteiger partial charge >= 0.3 is 5.97 Å². The van der Waals surface area contributed by atoms with Gasteiger partial charge in [0.1, 0.15) is 0 Å². The minimum Gasteiger partial charge on any atom is -0.481 e. The van der Waals surface area contributed by atoms with E-state index in [1.54, 1.807) is 0 Å². The van der Waals surface area contributed by atoms with Crippen molar-refractivity contribution in [1.82, 2.24) is 0 Å². The Hall–Kier alpha value is -0.610. The number of rotatable bonds is 9. The third kappa shape index (κ3) is 6.86. The van der Waals surface area contributed by atoms with Gasteiger partial charge in [0.25, 0.3) is 0 Å². The molecule has 1 unspecified atom stereocenters. The molecule has 0 radical (unpaired) electrons. The summed E-state index contributed by atoms with van der Waals surface area (Å²) < 4.78 is 5.15. The lowest BCUT2D eigenvalue weighted by atomic mass is 9.98. The standard InChI is InChI=1S/C10H21NO3/c1-2-14-8-4-6-9(10(12)13)5-3-7-11/h9H,2-8,11H2,1H3,(H,12,13). The van der Waals surface area contributed by atoms with Gasteiger partial charge in [-0.15, -0.1) is 0 Å². The number of ether oxygens (including phenoxy) is 1. The van der Waals surface area contributed by atoms with Crippen LogP contribution in [0.2, 0.25) is 0 Å². The molecule has 0 rings (SSSR count). The van der Waals surface area contributed by atoms with Gasteiger partial charge in [0.2, 0.25) is 0 Å². The first kappa shape index (κ1) is 13.4. The zero-order valence-corrected chi connectivity index (χ0v) is 8.87. The van der Waals surface area contributed by atoms with E-state index in [9.17, 15) is 4.79 Å². The Morgan fingerprint density at radius 2 is 2.07 bits per heavy atom. The van der Waals surface area contributed by atoms with E-state index < -0.39 is 5.97 Å². The number of carboxylic acids is 1. The van der Waals surface area contributed by atoms with E-state index in [2.05, 4.69) is 0 Å². The summed E-state index contributed by atoms with van der Waals surface area (Å²) in [4.78, 5) is 10.8. The van der Waals surface area contributed by atoms with Crippen LogP contribution in [0.15, 0.2) is 0 Å². The minimum atomic E-state index is -0.713. The van der Waals surface area contributed by atoms with Crippen LogP contribution < -0.4 is 5.73 Å². The quantitative estimate of drug-likeness (QED) is 0.553. The van der Waals surface area contributed by atoms with Gasteiger partial charge in [-0.25, -0.2) is 0 Å². The van der Waals surface area contributed by atoms with E-state index >= 15 is 0 Å². The highest BCUT2D eigenvalue weighted by atomic mass is 16.5. The predicted molar refractivity (Wildman–Crippen MR) is 55.1 cm³/mol. The summed E-state index contributed by atoms with van der Waals surface area (Å²) >= 11 is 0. The summed E-state index contributed by atoms with van der Waals surface area (Å²) in [6.07, 6.45) is 2.97. The minimum absolute atomic E-state index is 0.251. The van der Waals surface area contributed by atoms with Crippen molar-refractivity contribution >= 4 is 5.97 Å². The van der Waals surface area contributed by atoms with E-state index in [1.807, 2.05) is 6.92 Å². The predicted octanol–water partition coefficient (Wildman–Crippen LogP) is 1.24. The fraction of sp³-hybridized carbons (Fsp3) is 0.900. The monoisotopic (exact) mass is 203 g/mol. The molecule has 14 heavy (non-hydrogen) atoms. The largest absolute Gasteiger partial charge is 0.481 e. The average molecular weight is 203 g/mol.